The molecule has 2 aliphatic rings. The number of hydrogen-bond acceptors (Lipinski definition) is 4. The van der Waals surface area contributed by atoms with Crippen molar-refractivity contribution in [3.8, 4) is 0 Å². The molecule has 0 bridgehead atoms. The summed E-state index contributed by atoms with van der Waals surface area (Å²) in [7, 11) is 0. The lowest BCUT2D eigenvalue weighted by Gasteiger charge is -2.46. The molecule has 2 heterocycles. The fourth-order valence-corrected chi connectivity index (χ4v) is 3.01. The molecule has 2 aliphatic heterocycles. The molecule has 0 radical (unpaired) electrons. The van der Waals surface area contributed by atoms with Gasteiger partial charge in [0.1, 0.15) is 17.9 Å². The van der Waals surface area contributed by atoms with Gasteiger partial charge in [0.25, 0.3) is 0 Å². The number of rotatable bonds is 3. The van der Waals surface area contributed by atoms with Gasteiger partial charge in [-0.2, -0.15) is 0 Å². The summed E-state index contributed by atoms with van der Waals surface area (Å²) in [5.41, 5.74) is 5.89. The predicted molar refractivity (Wildman–Crippen MR) is 76.5 cm³/mol. The molecule has 108 valence electrons. The lowest BCUT2D eigenvalue weighted by atomic mass is 9.90. The Bertz CT molecular complexity index is 381. The van der Waals surface area contributed by atoms with Crippen molar-refractivity contribution in [2.45, 2.75) is 59.2 Å². The van der Waals surface area contributed by atoms with Crippen LogP contribution in [0.4, 0.5) is 0 Å². The zero-order chi connectivity index (χ0) is 14.2. The number of nitrogens with zero attached hydrogens (tertiary/aromatic N) is 2. The average Bonchev–Trinajstić information content (AvgIpc) is 2.77. The fraction of sp³-hybridized carbons (Fsp3) is 0.857. The molecule has 0 aromatic rings. The monoisotopic (exact) mass is 266 g/mol. The normalized spacial score (nSPS) is 27.4. The summed E-state index contributed by atoms with van der Waals surface area (Å²) >= 11 is 0. The van der Waals surface area contributed by atoms with Crippen LogP contribution in [0.25, 0.3) is 0 Å². The van der Waals surface area contributed by atoms with Crippen molar-refractivity contribution in [2.24, 2.45) is 16.8 Å². The van der Waals surface area contributed by atoms with Gasteiger partial charge < -0.3 is 10.3 Å². The average molecular weight is 266 g/mol. The minimum atomic E-state index is -0.192. The van der Waals surface area contributed by atoms with Crippen LogP contribution in [0.3, 0.4) is 0 Å². The summed E-state index contributed by atoms with van der Waals surface area (Å²) < 4.78 is 0. The zero-order valence-electron chi connectivity index (χ0n) is 12.7. The molecule has 2 N–H and O–H groups in total. The lowest BCUT2D eigenvalue weighted by Crippen LogP contribution is -2.59. The van der Waals surface area contributed by atoms with E-state index in [1.165, 1.54) is 0 Å². The van der Waals surface area contributed by atoms with Crippen LogP contribution in [0.2, 0.25) is 0 Å². The fourth-order valence-electron chi connectivity index (χ4n) is 3.01. The van der Waals surface area contributed by atoms with E-state index in [-0.39, 0.29) is 23.5 Å². The summed E-state index contributed by atoms with van der Waals surface area (Å²) in [4.78, 5) is 19.6. The van der Waals surface area contributed by atoms with E-state index in [1.54, 1.807) is 0 Å². The Morgan fingerprint density at radius 3 is 2.53 bits per heavy atom. The summed E-state index contributed by atoms with van der Waals surface area (Å²) in [6.45, 7) is 11.3. The second kappa shape index (κ2) is 5.12. The van der Waals surface area contributed by atoms with E-state index >= 15 is 0 Å². The minimum Gasteiger partial charge on any atom is -0.315 e. The highest BCUT2D eigenvalue weighted by molar-refractivity contribution is 6.06. The van der Waals surface area contributed by atoms with Gasteiger partial charge >= 0.3 is 0 Å². The Balaban J connectivity index is 2.40. The highest BCUT2D eigenvalue weighted by atomic mass is 16.2. The molecule has 2 atom stereocenters. The van der Waals surface area contributed by atoms with Crippen molar-refractivity contribution in [3.05, 3.63) is 0 Å². The number of nitrogens with one attached hydrogen (secondary N) is 2. The molecule has 0 aromatic heterocycles. The standard InChI is InChI=1S/C14H26N4O/c1-6-9(7-2)12-16-11-10(8-15-17-11)13(19)18(12)14(3,4)5/h9-10,12,15H,6-8H2,1-5H3,(H,16,17). The van der Waals surface area contributed by atoms with Gasteiger partial charge in [0, 0.05) is 12.1 Å². The molecule has 2 rings (SSSR count). The minimum absolute atomic E-state index is 0.0406. The first-order chi connectivity index (χ1) is 8.90. The maximum absolute atomic E-state index is 12.8. The highest BCUT2D eigenvalue weighted by Crippen LogP contribution is 2.32. The first-order valence-electron chi connectivity index (χ1n) is 7.29. The first kappa shape index (κ1) is 14.3. The van der Waals surface area contributed by atoms with Crippen LogP contribution in [-0.4, -0.2) is 34.9 Å². The van der Waals surface area contributed by atoms with Crippen LogP contribution in [0.1, 0.15) is 47.5 Å². The van der Waals surface area contributed by atoms with Crippen LogP contribution < -0.4 is 10.9 Å². The SMILES string of the molecule is CCC(CC)C1N=C2NNCC2C(=O)N1C(C)(C)C. The van der Waals surface area contributed by atoms with Gasteiger partial charge in [0.15, 0.2) is 0 Å². The molecular formula is C14H26N4O. The van der Waals surface area contributed by atoms with E-state index in [0.717, 1.165) is 18.7 Å². The Morgan fingerprint density at radius 1 is 1.37 bits per heavy atom. The quantitative estimate of drug-likeness (QED) is 0.814. The molecular weight excluding hydrogens is 240 g/mol. The summed E-state index contributed by atoms with van der Waals surface area (Å²) in [6, 6.07) is 0. The number of carbonyl (C=O) groups excluding carboxylic acids is 1. The number of aliphatic imine (C=N–C) groups is 1. The van der Waals surface area contributed by atoms with Crippen LogP contribution >= 0.6 is 0 Å². The van der Waals surface area contributed by atoms with E-state index in [1.807, 2.05) is 4.90 Å². The Hall–Kier alpha value is -1.10. The number of amidine groups is 1. The molecule has 0 saturated carbocycles. The second-order valence-corrected chi connectivity index (χ2v) is 6.44. The molecule has 2 unspecified atom stereocenters. The number of carbonyl (C=O) groups is 1. The summed E-state index contributed by atoms with van der Waals surface area (Å²) in [5.74, 6) is 1.30. The van der Waals surface area contributed by atoms with E-state index < -0.39 is 0 Å². The topological polar surface area (TPSA) is 56.7 Å². The molecule has 5 heteroatoms. The van der Waals surface area contributed by atoms with Gasteiger partial charge in [-0.15, -0.1) is 0 Å². The molecule has 1 saturated heterocycles. The Morgan fingerprint density at radius 2 is 2.00 bits per heavy atom. The second-order valence-electron chi connectivity index (χ2n) is 6.44. The molecule has 5 nitrogen and oxygen atoms in total. The molecule has 19 heavy (non-hydrogen) atoms. The number of hydrogen-bond donors (Lipinski definition) is 2. The Labute approximate surface area is 115 Å². The van der Waals surface area contributed by atoms with E-state index in [9.17, 15) is 4.79 Å². The molecule has 1 fully saturated rings. The maximum Gasteiger partial charge on any atom is 0.236 e. The summed E-state index contributed by atoms with van der Waals surface area (Å²) in [6.07, 6.45) is 2.03. The van der Waals surface area contributed by atoms with Gasteiger partial charge in [-0.05, 0) is 39.5 Å². The van der Waals surface area contributed by atoms with Gasteiger partial charge in [0.05, 0.1) is 0 Å². The summed E-state index contributed by atoms with van der Waals surface area (Å²) in [5, 5.41) is 0. The van der Waals surface area contributed by atoms with Crippen molar-refractivity contribution in [1.82, 2.24) is 15.8 Å². The van der Waals surface area contributed by atoms with Gasteiger partial charge in [-0.25, -0.2) is 10.4 Å². The van der Waals surface area contributed by atoms with Gasteiger partial charge in [-0.3, -0.25) is 4.79 Å². The molecule has 0 spiro atoms. The largest absolute Gasteiger partial charge is 0.315 e. The molecule has 0 aliphatic carbocycles. The van der Waals surface area contributed by atoms with Crippen molar-refractivity contribution in [2.75, 3.05) is 6.54 Å². The van der Waals surface area contributed by atoms with Gasteiger partial charge in [0.2, 0.25) is 5.91 Å². The van der Waals surface area contributed by atoms with Crippen LogP contribution in [0.5, 0.6) is 0 Å². The third-order valence-electron chi connectivity index (χ3n) is 4.12. The number of fused-ring (bicyclic) bond motifs is 1. The predicted octanol–water partition coefficient (Wildman–Crippen LogP) is 1.51. The third-order valence-corrected chi connectivity index (χ3v) is 4.12. The van der Waals surface area contributed by atoms with Crippen LogP contribution in [-0.2, 0) is 4.79 Å². The number of amides is 1. The Kier molecular flexibility index (Phi) is 3.85. The van der Waals surface area contributed by atoms with Crippen LogP contribution in [0.15, 0.2) is 4.99 Å². The first-order valence-corrected chi connectivity index (χ1v) is 7.29. The highest BCUT2D eigenvalue weighted by Gasteiger charge is 2.46. The number of hydrazine groups is 1. The third kappa shape index (κ3) is 2.48. The zero-order valence-corrected chi connectivity index (χ0v) is 12.7. The van der Waals surface area contributed by atoms with Crippen LogP contribution in [0, 0.1) is 11.8 Å². The van der Waals surface area contributed by atoms with E-state index in [4.69, 9.17) is 4.99 Å². The van der Waals surface area contributed by atoms with Crippen molar-refractivity contribution >= 4 is 11.7 Å². The van der Waals surface area contributed by atoms with Crippen molar-refractivity contribution < 1.29 is 4.79 Å². The van der Waals surface area contributed by atoms with Crippen molar-refractivity contribution in [3.63, 3.8) is 0 Å². The maximum atomic E-state index is 12.8. The molecule has 1 amide bonds. The smallest absolute Gasteiger partial charge is 0.236 e. The van der Waals surface area contributed by atoms with E-state index in [0.29, 0.717) is 12.5 Å². The molecule has 0 aromatic carbocycles. The van der Waals surface area contributed by atoms with E-state index in [2.05, 4.69) is 45.5 Å². The van der Waals surface area contributed by atoms with Gasteiger partial charge in [-0.1, -0.05) is 13.8 Å². The lowest BCUT2D eigenvalue weighted by molar-refractivity contribution is -0.144. The van der Waals surface area contributed by atoms with Crippen molar-refractivity contribution in [1.29, 1.82) is 0 Å².